The Morgan fingerprint density at radius 2 is 1.81 bits per heavy atom. The average Bonchev–Trinajstić information content (AvgIpc) is 2.67. The standard InChI is InChI=1S/C22H28O2S2/c1-4-5-6-7-15-26-22(25,19-13-11-17(2)12-14-19)20-10-8-9-18(16-20)21(23)24-3/h8-14,16,25H,4-7,15H2,1-3H3. The van der Waals surface area contributed by atoms with E-state index in [1.807, 2.05) is 30.0 Å². The molecule has 0 bridgehead atoms. The summed E-state index contributed by atoms with van der Waals surface area (Å²) >= 11 is 6.94. The zero-order chi connectivity index (χ0) is 19.0. The van der Waals surface area contributed by atoms with E-state index in [1.54, 1.807) is 6.07 Å². The van der Waals surface area contributed by atoms with Crippen LogP contribution in [0.3, 0.4) is 0 Å². The van der Waals surface area contributed by atoms with Crippen molar-refractivity contribution in [2.24, 2.45) is 0 Å². The van der Waals surface area contributed by atoms with E-state index in [0.717, 1.165) is 16.9 Å². The minimum absolute atomic E-state index is 0.320. The van der Waals surface area contributed by atoms with Crippen molar-refractivity contribution in [2.45, 2.75) is 43.6 Å². The fourth-order valence-electron chi connectivity index (χ4n) is 2.84. The number of thiol groups is 1. The fourth-order valence-corrected chi connectivity index (χ4v) is 4.64. The van der Waals surface area contributed by atoms with E-state index < -0.39 is 4.08 Å². The lowest BCUT2D eigenvalue weighted by Crippen LogP contribution is -2.18. The summed E-state index contributed by atoms with van der Waals surface area (Å²) in [5.74, 6) is 0.708. The maximum Gasteiger partial charge on any atom is 0.337 e. The van der Waals surface area contributed by atoms with Crippen LogP contribution >= 0.6 is 24.4 Å². The Bertz CT molecular complexity index is 712. The van der Waals surface area contributed by atoms with Crippen LogP contribution in [-0.2, 0) is 8.82 Å². The highest BCUT2D eigenvalue weighted by Gasteiger charge is 2.31. The van der Waals surface area contributed by atoms with E-state index in [1.165, 1.54) is 38.4 Å². The summed E-state index contributed by atoms with van der Waals surface area (Å²) in [4.78, 5) is 12.0. The summed E-state index contributed by atoms with van der Waals surface area (Å²) in [5, 5.41) is 0. The molecule has 2 aromatic carbocycles. The molecule has 2 rings (SSSR count). The third-order valence-corrected chi connectivity index (χ3v) is 6.71. The minimum atomic E-state index is -0.496. The van der Waals surface area contributed by atoms with Gasteiger partial charge in [0.15, 0.2) is 0 Å². The number of benzene rings is 2. The van der Waals surface area contributed by atoms with Crippen LogP contribution in [0.4, 0.5) is 0 Å². The third kappa shape index (κ3) is 5.31. The van der Waals surface area contributed by atoms with Crippen molar-refractivity contribution < 1.29 is 9.53 Å². The maximum atomic E-state index is 12.0. The Labute approximate surface area is 167 Å². The van der Waals surface area contributed by atoms with Crippen molar-refractivity contribution in [1.29, 1.82) is 0 Å². The summed E-state index contributed by atoms with van der Waals surface area (Å²) in [5.41, 5.74) is 3.92. The molecule has 0 N–H and O–H groups in total. The zero-order valence-electron chi connectivity index (χ0n) is 15.8. The normalized spacial score (nSPS) is 13.2. The second-order valence-electron chi connectivity index (χ2n) is 6.49. The van der Waals surface area contributed by atoms with Crippen molar-refractivity contribution in [1.82, 2.24) is 0 Å². The SMILES string of the molecule is CCCCCCSC(S)(c1ccc(C)cc1)c1cccc(C(=O)OC)c1. The quantitative estimate of drug-likeness (QED) is 0.239. The first-order valence-electron chi connectivity index (χ1n) is 9.13. The first-order chi connectivity index (χ1) is 12.5. The number of esters is 1. The van der Waals surface area contributed by atoms with E-state index in [2.05, 4.69) is 38.1 Å². The number of carbonyl (C=O) groups is 1. The highest BCUT2D eigenvalue weighted by molar-refractivity contribution is 8.11. The van der Waals surface area contributed by atoms with Crippen molar-refractivity contribution in [3.8, 4) is 0 Å². The Balaban J connectivity index is 2.33. The van der Waals surface area contributed by atoms with Crippen LogP contribution in [-0.4, -0.2) is 18.8 Å². The van der Waals surface area contributed by atoms with E-state index in [9.17, 15) is 4.79 Å². The average molecular weight is 389 g/mol. The van der Waals surface area contributed by atoms with Crippen LogP contribution in [0.5, 0.6) is 0 Å². The lowest BCUT2D eigenvalue weighted by Gasteiger charge is -2.30. The third-order valence-electron chi connectivity index (χ3n) is 4.43. The molecule has 1 atom stereocenters. The van der Waals surface area contributed by atoms with Gasteiger partial charge in [-0.3, -0.25) is 0 Å². The van der Waals surface area contributed by atoms with E-state index in [4.69, 9.17) is 17.4 Å². The molecule has 0 aliphatic heterocycles. The van der Waals surface area contributed by atoms with Crippen LogP contribution in [0.2, 0.25) is 0 Å². The smallest absolute Gasteiger partial charge is 0.337 e. The highest BCUT2D eigenvalue weighted by Crippen LogP contribution is 2.47. The van der Waals surface area contributed by atoms with Gasteiger partial charge in [0.1, 0.15) is 4.08 Å². The first-order valence-corrected chi connectivity index (χ1v) is 10.6. The molecule has 4 heteroatoms. The topological polar surface area (TPSA) is 26.3 Å². The lowest BCUT2D eigenvalue weighted by molar-refractivity contribution is 0.0600. The van der Waals surface area contributed by atoms with Gasteiger partial charge in [0.05, 0.1) is 12.7 Å². The second kappa shape index (κ2) is 10.1. The molecule has 0 amide bonds. The Hall–Kier alpha value is -1.39. The Morgan fingerprint density at radius 3 is 2.46 bits per heavy atom. The molecule has 0 spiro atoms. The minimum Gasteiger partial charge on any atom is -0.465 e. The molecule has 0 radical (unpaired) electrons. The maximum absolute atomic E-state index is 12.0. The number of rotatable bonds is 9. The second-order valence-corrected chi connectivity index (χ2v) is 8.77. The van der Waals surface area contributed by atoms with Crippen LogP contribution in [0.15, 0.2) is 48.5 Å². The number of thioether (sulfide) groups is 1. The molecular weight excluding hydrogens is 360 g/mol. The Kier molecular flexibility index (Phi) is 8.11. The molecule has 2 nitrogen and oxygen atoms in total. The van der Waals surface area contributed by atoms with Gasteiger partial charge in [-0.25, -0.2) is 4.79 Å². The molecule has 140 valence electrons. The number of aryl methyl sites for hydroxylation is 1. The molecule has 0 aromatic heterocycles. The molecule has 0 saturated heterocycles. The van der Waals surface area contributed by atoms with Crippen molar-refractivity contribution in [2.75, 3.05) is 12.9 Å². The first kappa shape index (κ1) is 20.9. The zero-order valence-corrected chi connectivity index (χ0v) is 17.5. The number of carbonyl (C=O) groups excluding carboxylic acids is 1. The molecule has 0 saturated carbocycles. The molecule has 0 heterocycles. The fraction of sp³-hybridized carbons (Fsp3) is 0.409. The molecule has 0 fully saturated rings. The van der Waals surface area contributed by atoms with Crippen LogP contribution < -0.4 is 0 Å². The molecule has 0 aliphatic rings. The highest BCUT2D eigenvalue weighted by atomic mass is 32.2. The predicted octanol–water partition coefficient (Wildman–Crippen LogP) is 6.23. The Morgan fingerprint density at radius 1 is 1.08 bits per heavy atom. The van der Waals surface area contributed by atoms with Crippen LogP contribution in [0.25, 0.3) is 0 Å². The number of ether oxygens (including phenoxy) is 1. The molecule has 1 unspecified atom stereocenters. The summed E-state index contributed by atoms with van der Waals surface area (Å²) < 4.78 is 4.38. The number of hydrogen-bond acceptors (Lipinski definition) is 4. The number of unbranched alkanes of at least 4 members (excludes halogenated alkanes) is 3. The number of hydrogen-bond donors (Lipinski definition) is 1. The molecule has 0 aliphatic carbocycles. The van der Waals surface area contributed by atoms with Gasteiger partial charge in [-0.1, -0.05) is 68.1 Å². The predicted molar refractivity (Wildman–Crippen MR) is 115 cm³/mol. The van der Waals surface area contributed by atoms with Gasteiger partial charge in [-0.2, -0.15) is 12.6 Å². The van der Waals surface area contributed by atoms with E-state index >= 15 is 0 Å². The largest absolute Gasteiger partial charge is 0.465 e. The van der Waals surface area contributed by atoms with Crippen LogP contribution in [0.1, 0.15) is 59.7 Å². The van der Waals surface area contributed by atoms with Crippen LogP contribution in [0, 0.1) is 6.92 Å². The van der Waals surface area contributed by atoms with Crippen molar-refractivity contribution >= 4 is 30.4 Å². The molecule has 26 heavy (non-hydrogen) atoms. The van der Waals surface area contributed by atoms with Gasteiger partial charge < -0.3 is 4.74 Å². The van der Waals surface area contributed by atoms with Crippen molar-refractivity contribution in [3.05, 3.63) is 70.8 Å². The summed E-state index contributed by atoms with van der Waals surface area (Å²) in [6.07, 6.45) is 4.91. The van der Waals surface area contributed by atoms with Gasteiger partial charge >= 0.3 is 5.97 Å². The van der Waals surface area contributed by atoms with Gasteiger partial charge in [-0.05, 0) is 42.4 Å². The van der Waals surface area contributed by atoms with Gasteiger partial charge in [0.2, 0.25) is 0 Å². The van der Waals surface area contributed by atoms with Crippen molar-refractivity contribution in [3.63, 3.8) is 0 Å². The number of methoxy groups -OCH3 is 1. The molecular formula is C22H28O2S2. The molecule has 2 aromatic rings. The van der Waals surface area contributed by atoms with Gasteiger partial charge in [0, 0.05) is 0 Å². The summed E-state index contributed by atoms with van der Waals surface area (Å²) in [7, 11) is 1.41. The monoisotopic (exact) mass is 388 g/mol. The van der Waals surface area contributed by atoms with E-state index in [0.29, 0.717) is 5.56 Å². The van der Waals surface area contributed by atoms with Gasteiger partial charge in [-0.15, -0.1) is 11.8 Å². The summed E-state index contributed by atoms with van der Waals surface area (Å²) in [6.45, 7) is 4.31. The summed E-state index contributed by atoms with van der Waals surface area (Å²) in [6, 6.07) is 16.1. The lowest BCUT2D eigenvalue weighted by atomic mass is 10.0. The van der Waals surface area contributed by atoms with Gasteiger partial charge in [0.25, 0.3) is 0 Å². The van der Waals surface area contributed by atoms with E-state index in [-0.39, 0.29) is 5.97 Å².